The Morgan fingerprint density at radius 2 is 0.640 bits per heavy atom. The summed E-state index contributed by atoms with van der Waals surface area (Å²) in [6.07, 6.45) is 0. The Morgan fingerprint density at radius 1 is 0.227 bits per heavy atom. The van der Waals surface area contributed by atoms with Crippen molar-refractivity contribution in [2.45, 2.75) is 5.41 Å². The van der Waals surface area contributed by atoms with Gasteiger partial charge in [-0.05, 0) is 160 Å². The number of fused-ring (bicyclic) bond motifs is 13. The highest BCUT2D eigenvalue weighted by atomic mass is 15.1. The van der Waals surface area contributed by atoms with Gasteiger partial charge < -0.3 is 9.80 Å². The molecule has 75 heavy (non-hydrogen) atoms. The van der Waals surface area contributed by atoms with E-state index in [2.05, 4.69) is 301 Å². The fourth-order valence-electron chi connectivity index (χ4n) is 12.7. The summed E-state index contributed by atoms with van der Waals surface area (Å²) in [4.78, 5) is 4.95. The zero-order valence-electron chi connectivity index (χ0n) is 41.1. The van der Waals surface area contributed by atoms with Gasteiger partial charge in [-0.3, -0.25) is 0 Å². The maximum absolute atomic E-state index is 2.52. The minimum Gasteiger partial charge on any atom is -0.310 e. The Labute approximate surface area is 437 Å². The van der Waals surface area contributed by atoms with E-state index in [1.165, 1.54) is 99.1 Å². The Hall–Kier alpha value is -9.76. The number of rotatable bonds is 8. The minimum atomic E-state index is -0.621. The lowest BCUT2D eigenvalue weighted by Crippen LogP contribution is -2.26. The van der Waals surface area contributed by atoms with Crippen LogP contribution in [0.25, 0.3) is 76.8 Å². The fraction of sp³-hybridized carbons (Fsp3) is 0.0137. The van der Waals surface area contributed by atoms with Gasteiger partial charge in [-0.15, -0.1) is 0 Å². The largest absolute Gasteiger partial charge is 0.310 e. The number of benzene rings is 13. The van der Waals surface area contributed by atoms with E-state index in [1.54, 1.807) is 0 Å². The Bertz CT molecular complexity index is 4270. The molecule has 2 nitrogen and oxygen atoms in total. The van der Waals surface area contributed by atoms with E-state index in [0.29, 0.717) is 0 Å². The molecule has 13 aromatic rings. The zero-order valence-corrected chi connectivity index (χ0v) is 41.1. The highest BCUT2D eigenvalue weighted by Crippen LogP contribution is 2.64. The van der Waals surface area contributed by atoms with Crippen LogP contribution >= 0.6 is 0 Å². The summed E-state index contributed by atoms with van der Waals surface area (Å²) in [6.45, 7) is 0. The van der Waals surface area contributed by atoms with Crippen LogP contribution < -0.4 is 9.80 Å². The fourth-order valence-corrected chi connectivity index (χ4v) is 12.7. The van der Waals surface area contributed by atoms with E-state index in [4.69, 9.17) is 0 Å². The Morgan fingerprint density at radius 3 is 1.24 bits per heavy atom. The first kappa shape index (κ1) is 42.9. The van der Waals surface area contributed by atoms with Gasteiger partial charge in [-0.25, -0.2) is 0 Å². The van der Waals surface area contributed by atoms with Crippen molar-refractivity contribution in [2.24, 2.45) is 0 Å². The van der Waals surface area contributed by atoms with Gasteiger partial charge >= 0.3 is 0 Å². The predicted octanol–water partition coefficient (Wildman–Crippen LogP) is 19.8. The average Bonchev–Trinajstić information content (AvgIpc) is 3.96. The molecule has 0 radical (unpaired) electrons. The van der Waals surface area contributed by atoms with Crippen molar-refractivity contribution >= 4 is 66.4 Å². The van der Waals surface area contributed by atoms with E-state index in [0.717, 1.165) is 34.1 Å². The maximum Gasteiger partial charge on any atom is 0.0727 e. The maximum atomic E-state index is 2.52. The molecule has 1 atom stereocenters. The van der Waals surface area contributed by atoms with Crippen LogP contribution in [0, 0.1) is 0 Å². The van der Waals surface area contributed by atoms with E-state index in [-0.39, 0.29) is 0 Å². The third-order valence-electron chi connectivity index (χ3n) is 16.0. The monoisotopic (exact) mass is 952 g/mol. The number of hydrogen-bond acceptors (Lipinski definition) is 2. The van der Waals surface area contributed by atoms with Crippen LogP contribution in [-0.2, 0) is 5.41 Å². The molecular weight excluding hydrogens is 905 g/mol. The molecule has 0 saturated heterocycles. The van der Waals surface area contributed by atoms with Gasteiger partial charge in [0.2, 0.25) is 0 Å². The summed E-state index contributed by atoms with van der Waals surface area (Å²) < 4.78 is 0. The number of anilines is 6. The van der Waals surface area contributed by atoms with Gasteiger partial charge in [0.25, 0.3) is 0 Å². The van der Waals surface area contributed by atoms with Gasteiger partial charge in [0.15, 0.2) is 0 Å². The van der Waals surface area contributed by atoms with Crippen molar-refractivity contribution in [2.75, 3.05) is 9.80 Å². The number of nitrogens with zero attached hydrogens (tertiary/aromatic N) is 2. The van der Waals surface area contributed by atoms with E-state index in [9.17, 15) is 0 Å². The lowest BCUT2D eigenvalue weighted by molar-refractivity contribution is 0.793. The zero-order chi connectivity index (χ0) is 49.5. The van der Waals surface area contributed by atoms with Crippen LogP contribution in [0.1, 0.15) is 22.3 Å². The molecular formula is C73H48N2. The quantitative estimate of drug-likeness (QED) is 0.150. The van der Waals surface area contributed by atoms with Gasteiger partial charge in [0.05, 0.1) is 11.1 Å². The van der Waals surface area contributed by atoms with Gasteiger partial charge in [-0.2, -0.15) is 0 Å². The molecule has 1 spiro atoms. The first-order chi connectivity index (χ1) is 37.2. The van der Waals surface area contributed by atoms with E-state index >= 15 is 0 Å². The summed E-state index contributed by atoms with van der Waals surface area (Å²) in [5.41, 5.74) is 21.0. The highest BCUT2D eigenvalue weighted by molar-refractivity contribution is 6.06. The third kappa shape index (κ3) is 6.73. The summed E-state index contributed by atoms with van der Waals surface area (Å²) in [7, 11) is 0. The molecule has 2 aliphatic carbocycles. The molecule has 350 valence electrons. The second-order valence-electron chi connectivity index (χ2n) is 20.0. The molecule has 1 unspecified atom stereocenters. The van der Waals surface area contributed by atoms with Gasteiger partial charge in [0, 0.05) is 34.0 Å². The average molecular weight is 953 g/mol. The molecule has 0 amide bonds. The van der Waals surface area contributed by atoms with E-state index < -0.39 is 5.41 Å². The smallest absolute Gasteiger partial charge is 0.0727 e. The summed E-state index contributed by atoms with van der Waals surface area (Å²) in [5, 5.41) is 7.27. The minimum absolute atomic E-state index is 0.621. The second kappa shape index (κ2) is 17.2. The topological polar surface area (TPSA) is 6.48 Å². The van der Waals surface area contributed by atoms with Crippen molar-refractivity contribution in [3.05, 3.63) is 313 Å². The first-order valence-electron chi connectivity index (χ1n) is 26.0. The molecule has 0 aromatic heterocycles. The first-order valence-corrected chi connectivity index (χ1v) is 26.0. The predicted molar refractivity (Wildman–Crippen MR) is 315 cm³/mol. The van der Waals surface area contributed by atoms with Crippen LogP contribution in [0.5, 0.6) is 0 Å². The van der Waals surface area contributed by atoms with Crippen molar-refractivity contribution in [3.63, 3.8) is 0 Å². The molecule has 0 bridgehead atoms. The summed E-state index contributed by atoms with van der Waals surface area (Å²) in [6, 6.07) is 108. The Kier molecular flexibility index (Phi) is 9.83. The molecule has 13 aromatic carbocycles. The van der Waals surface area contributed by atoms with Gasteiger partial charge in [0.1, 0.15) is 0 Å². The summed E-state index contributed by atoms with van der Waals surface area (Å²) >= 11 is 0. The van der Waals surface area contributed by atoms with Crippen molar-refractivity contribution in [1.29, 1.82) is 0 Å². The molecule has 0 heterocycles. The van der Waals surface area contributed by atoms with Crippen LogP contribution in [-0.4, -0.2) is 0 Å². The van der Waals surface area contributed by atoms with Crippen molar-refractivity contribution < 1.29 is 0 Å². The molecule has 2 heteroatoms. The molecule has 0 saturated carbocycles. The number of para-hydroxylation sites is 1. The second-order valence-corrected chi connectivity index (χ2v) is 20.0. The van der Waals surface area contributed by atoms with Crippen LogP contribution in [0.4, 0.5) is 34.1 Å². The lowest BCUT2D eigenvalue weighted by atomic mass is 9.70. The van der Waals surface area contributed by atoms with Crippen LogP contribution in [0.15, 0.2) is 291 Å². The molecule has 0 aliphatic heterocycles. The SMILES string of the molecule is c1ccc(-c2ccc(-c3c(N(c4ccccc4)c4ccc5c(c4)C4(c6ccccc6-c6ccc(N(c7ccc8ccccc8c7)c7ccc8ccccc8c7)cc64)c4ccccc4-5)ccc4ccccc34)cc2)cc1. The van der Waals surface area contributed by atoms with E-state index in [1.807, 2.05) is 0 Å². The molecule has 2 aliphatic rings. The van der Waals surface area contributed by atoms with Gasteiger partial charge in [-0.1, -0.05) is 224 Å². The lowest BCUT2D eigenvalue weighted by Gasteiger charge is -2.34. The molecule has 0 N–H and O–H groups in total. The summed E-state index contributed by atoms with van der Waals surface area (Å²) in [5.74, 6) is 0. The molecule has 15 rings (SSSR count). The number of hydrogen-bond donors (Lipinski definition) is 0. The Balaban J connectivity index is 0.966. The standard InChI is InChI=1S/C73H48N2/c1-3-17-49(18-4-1)52-31-33-54(34-32-52)72-62-26-12-11-21-53(62)37-44-71(72)75(57-24-5-2-6-25-57)61-41-43-66-64-28-14-16-30-68(64)73(70(66)48-61)67-29-15-13-27-63(67)65-42-40-60(47-69(65)73)74(58-38-35-50-19-7-9-22-55(50)45-58)59-39-36-51-20-8-10-23-56(51)46-59/h1-48H. The van der Waals surface area contributed by atoms with Crippen molar-refractivity contribution in [1.82, 2.24) is 0 Å². The normalized spacial score (nSPS) is 13.9. The van der Waals surface area contributed by atoms with Crippen LogP contribution in [0.3, 0.4) is 0 Å². The molecule has 0 fully saturated rings. The van der Waals surface area contributed by atoms with Crippen LogP contribution in [0.2, 0.25) is 0 Å². The highest BCUT2D eigenvalue weighted by Gasteiger charge is 2.52. The van der Waals surface area contributed by atoms with Crippen molar-refractivity contribution in [3.8, 4) is 44.5 Å². The third-order valence-corrected chi connectivity index (χ3v) is 16.0.